The van der Waals surface area contributed by atoms with Crippen molar-refractivity contribution in [3.63, 3.8) is 0 Å². The molecular weight excluding hydrogens is 362 g/mol. The minimum absolute atomic E-state index is 0.525. The van der Waals surface area contributed by atoms with Crippen molar-refractivity contribution in [1.82, 2.24) is 9.97 Å². The lowest BCUT2D eigenvalue weighted by Crippen LogP contribution is -1.96. The highest BCUT2D eigenvalue weighted by Gasteiger charge is 2.14. The zero-order valence-corrected chi connectivity index (χ0v) is 17.5. The first-order chi connectivity index (χ1) is 13.5. The Morgan fingerprint density at radius 2 is 1.39 bits per heavy atom. The summed E-state index contributed by atoms with van der Waals surface area (Å²) in [6.45, 7) is 8.85. The van der Waals surface area contributed by atoms with E-state index in [2.05, 4.69) is 96.9 Å². The second-order valence-electron chi connectivity index (χ2n) is 7.73. The normalized spacial score (nSPS) is 11.5. The number of rotatable bonds is 5. The van der Waals surface area contributed by atoms with E-state index >= 15 is 0 Å². The van der Waals surface area contributed by atoms with E-state index in [1.807, 2.05) is 0 Å². The van der Waals surface area contributed by atoms with Gasteiger partial charge in [-0.15, -0.1) is 11.3 Å². The van der Waals surface area contributed by atoms with E-state index < -0.39 is 0 Å². The lowest BCUT2D eigenvalue weighted by Gasteiger charge is -2.11. The van der Waals surface area contributed by atoms with Crippen molar-refractivity contribution >= 4 is 33.1 Å². The zero-order chi connectivity index (χ0) is 19.7. The van der Waals surface area contributed by atoms with Gasteiger partial charge in [-0.2, -0.15) is 0 Å². The van der Waals surface area contributed by atoms with Gasteiger partial charge in [0, 0.05) is 16.6 Å². The molecule has 0 aliphatic carbocycles. The van der Waals surface area contributed by atoms with Gasteiger partial charge in [0.25, 0.3) is 0 Å². The minimum atomic E-state index is 0.525. The molecule has 0 aliphatic heterocycles. The van der Waals surface area contributed by atoms with Crippen molar-refractivity contribution in [2.24, 2.45) is 0 Å². The van der Waals surface area contributed by atoms with Crippen LogP contribution in [-0.2, 0) is 0 Å². The predicted octanol–water partition coefficient (Wildman–Crippen LogP) is 7.35. The maximum atomic E-state index is 4.55. The number of nitrogens with zero attached hydrogens (tertiary/aromatic N) is 2. The van der Waals surface area contributed by atoms with Crippen molar-refractivity contribution < 1.29 is 0 Å². The molecule has 0 saturated carbocycles. The Morgan fingerprint density at radius 1 is 0.786 bits per heavy atom. The summed E-state index contributed by atoms with van der Waals surface area (Å²) in [5, 5.41) is 6.75. The van der Waals surface area contributed by atoms with E-state index in [1.165, 1.54) is 22.3 Å². The fourth-order valence-corrected chi connectivity index (χ4v) is 4.23. The molecule has 0 amide bonds. The average Bonchev–Trinajstić information content (AvgIpc) is 3.14. The van der Waals surface area contributed by atoms with Crippen molar-refractivity contribution in [1.29, 1.82) is 0 Å². The van der Waals surface area contributed by atoms with E-state index in [-0.39, 0.29) is 0 Å². The molecule has 0 unspecified atom stereocenters. The Balaban J connectivity index is 1.72. The van der Waals surface area contributed by atoms with Gasteiger partial charge in [-0.05, 0) is 40.7 Å². The van der Waals surface area contributed by atoms with Crippen LogP contribution in [0.3, 0.4) is 0 Å². The predicted molar refractivity (Wildman–Crippen MR) is 121 cm³/mol. The molecular formula is C24H25N3S. The summed E-state index contributed by atoms with van der Waals surface area (Å²) in [6.07, 6.45) is 1.63. The molecule has 4 rings (SSSR count). The highest BCUT2D eigenvalue weighted by atomic mass is 32.1. The first-order valence-electron chi connectivity index (χ1n) is 9.72. The number of hydrogen-bond donors (Lipinski definition) is 1. The topological polar surface area (TPSA) is 37.8 Å². The van der Waals surface area contributed by atoms with Gasteiger partial charge < -0.3 is 5.32 Å². The number of benzene rings is 2. The Bertz CT molecular complexity index is 1080. The molecule has 0 atom stereocenters. The molecule has 0 aliphatic rings. The van der Waals surface area contributed by atoms with Crippen LogP contribution in [0.25, 0.3) is 21.3 Å². The van der Waals surface area contributed by atoms with Crippen LogP contribution in [-0.4, -0.2) is 9.97 Å². The Hall–Kier alpha value is -2.72. The molecule has 2 heterocycles. The first-order valence-corrected chi connectivity index (χ1v) is 10.6. The number of thiophene rings is 1. The monoisotopic (exact) mass is 387 g/mol. The van der Waals surface area contributed by atoms with Crippen LogP contribution in [0.5, 0.6) is 0 Å². The van der Waals surface area contributed by atoms with Crippen molar-refractivity contribution in [3.8, 4) is 11.1 Å². The van der Waals surface area contributed by atoms with Gasteiger partial charge in [0.1, 0.15) is 17.0 Å². The van der Waals surface area contributed by atoms with Gasteiger partial charge in [-0.3, -0.25) is 0 Å². The second kappa shape index (κ2) is 7.72. The van der Waals surface area contributed by atoms with Crippen LogP contribution in [0.1, 0.15) is 50.7 Å². The lowest BCUT2D eigenvalue weighted by molar-refractivity contribution is 0.867. The molecule has 0 fully saturated rings. The SMILES string of the molecule is CC(C)c1ccc(Nc2ncnc3scc(-c4ccc(C(C)C)cc4)c23)cc1. The van der Waals surface area contributed by atoms with Gasteiger partial charge in [-0.25, -0.2) is 9.97 Å². The fourth-order valence-electron chi connectivity index (χ4n) is 3.32. The van der Waals surface area contributed by atoms with Crippen LogP contribution in [0.2, 0.25) is 0 Å². The van der Waals surface area contributed by atoms with Crippen LogP contribution < -0.4 is 5.32 Å². The quantitative estimate of drug-likeness (QED) is 0.389. The van der Waals surface area contributed by atoms with Gasteiger partial charge in [0.05, 0.1) is 5.39 Å². The van der Waals surface area contributed by atoms with Gasteiger partial charge in [-0.1, -0.05) is 64.1 Å². The lowest BCUT2D eigenvalue weighted by atomic mass is 9.99. The Kier molecular flexibility index (Phi) is 5.14. The third-order valence-corrected chi connectivity index (χ3v) is 5.99. The van der Waals surface area contributed by atoms with Gasteiger partial charge in [0.15, 0.2) is 0 Å². The Morgan fingerprint density at radius 3 is 2.00 bits per heavy atom. The number of nitrogens with one attached hydrogen (secondary N) is 1. The fraction of sp³-hybridized carbons (Fsp3) is 0.250. The van der Waals surface area contributed by atoms with E-state index in [1.54, 1.807) is 17.7 Å². The molecule has 4 aromatic rings. The summed E-state index contributed by atoms with van der Waals surface area (Å²) in [6, 6.07) is 17.4. The van der Waals surface area contributed by atoms with Crippen LogP contribution in [0.4, 0.5) is 11.5 Å². The molecule has 2 aromatic heterocycles. The van der Waals surface area contributed by atoms with Gasteiger partial charge in [0.2, 0.25) is 0 Å². The summed E-state index contributed by atoms with van der Waals surface area (Å²) in [7, 11) is 0. The van der Waals surface area contributed by atoms with Crippen molar-refractivity contribution in [2.75, 3.05) is 5.32 Å². The smallest absolute Gasteiger partial charge is 0.143 e. The molecule has 4 heteroatoms. The van der Waals surface area contributed by atoms with E-state index in [0.717, 1.165) is 21.7 Å². The van der Waals surface area contributed by atoms with Crippen LogP contribution in [0, 0.1) is 0 Å². The number of aromatic nitrogens is 2. The number of fused-ring (bicyclic) bond motifs is 1. The van der Waals surface area contributed by atoms with Crippen LogP contribution >= 0.6 is 11.3 Å². The largest absolute Gasteiger partial charge is 0.340 e. The zero-order valence-electron chi connectivity index (χ0n) is 16.7. The van der Waals surface area contributed by atoms with Crippen molar-refractivity contribution in [2.45, 2.75) is 39.5 Å². The molecule has 2 aromatic carbocycles. The minimum Gasteiger partial charge on any atom is -0.340 e. The third kappa shape index (κ3) is 3.65. The molecule has 142 valence electrons. The maximum Gasteiger partial charge on any atom is 0.143 e. The van der Waals surface area contributed by atoms with Gasteiger partial charge >= 0.3 is 0 Å². The van der Waals surface area contributed by atoms with Crippen LogP contribution in [0.15, 0.2) is 60.2 Å². The standard InChI is InChI=1S/C24H25N3S/c1-15(2)17-5-7-19(8-6-17)21-13-28-24-22(21)23(25-14-26-24)27-20-11-9-18(10-12-20)16(3)4/h5-16H,1-4H3,(H,25,26,27). The molecule has 3 nitrogen and oxygen atoms in total. The third-order valence-electron chi connectivity index (χ3n) is 5.10. The molecule has 28 heavy (non-hydrogen) atoms. The molecule has 0 spiro atoms. The van der Waals surface area contributed by atoms with E-state index in [0.29, 0.717) is 11.8 Å². The molecule has 1 N–H and O–H groups in total. The Labute approximate surface area is 170 Å². The maximum absolute atomic E-state index is 4.55. The highest BCUT2D eigenvalue weighted by molar-refractivity contribution is 7.17. The summed E-state index contributed by atoms with van der Waals surface area (Å²) >= 11 is 1.66. The summed E-state index contributed by atoms with van der Waals surface area (Å²) in [5.41, 5.74) is 6.10. The average molecular weight is 388 g/mol. The number of anilines is 2. The molecule has 0 bridgehead atoms. The highest BCUT2D eigenvalue weighted by Crippen LogP contribution is 2.37. The van der Waals surface area contributed by atoms with E-state index in [9.17, 15) is 0 Å². The first kappa shape index (κ1) is 18.6. The second-order valence-corrected chi connectivity index (χ2v) is 8.59. The summed E-state index contributed by atoms with van der Waals surface area (Å²) < 4.78 is 0. The van der Waals surface area contributed by atoms with Crippen molar-refractivity contribution in [3.05, 3.63) is 71.4 Å². The molecule has 0 saturated heterocycles. The number of hydrogen-bond acceptors (Lipinski definition) is 4. The molecule has 0 radical (unpaired) electrons. The summed E-state index contributed by atoms with van der Waals surface area (Å²) in [5.74, 6) is 1.91. The van der Waals surface area contributed by atoms with E-state index in [4.69, 9.17) is 0 Å². The summed E-state index contributed by atoms with van der Waals surface area (Å²) in [4.78, 5) is 10.0.